The first-order valence-electron chi connectivity index (χ1n) is 20.1. The Labute approximate surface area is 414 Å². The Kier molecular flexibility index (Phi) is 211. The number of aliphatic imine (C=N–C) groups is 2. The number of ether oxygens (including phenoxy) is 1. The first kappa shape index (κ1) is 104. The van der Waals surface area contributed by atoms with Gasteiger partial charge in [-0.1, -0.05) is 112 Å². The van der Waals surface area contributed by atoms with Crippen molar-refractivity contribution in [2.24, 2.45) is 21.6 Å². The van der Waals surface area contributed by atoms with Crippen molar-refractivity contribution in [2.45, 2.75) is 149 Å². The zero-order valence-corrected chi connectivity index (χ0v) is 48.3. The summed E-state index contributed by atoms with van der Waals surface area (Å²) >= 11 is 12.7. The summed E-state index contributed by atoms with van der Waals surface area (Å²) in [6.45, 7) is 44.4. The van der Waals surface area contributed by atoms with Crippen LogP contribution in [0.5, 0.6) is 0 Å². The van der Waals surface area contributed by atoms with Crippen molar-refractivity contribution < 1.29 is 37.5 Å². The molecular formula is C49H102ClN3O8S3. The molecule has 0 aromatic carbocycles. The Hall–Kier alpha value is -3.18. The maximum Gasteiger partial charge on any atom is 0.300 e. The molecule has 1 saturated heterocycles. The number of halogens is 1. The molecule has 1 aliphatic carbocycles. The first-order chi connectivity index (χ1) is 29.7. The molecule has 2 fully saturated rings. The number of aliphatic carboxylic acids is 1. The van der Waals surface area contributed by atoms with Gasteiger partial charge in [0.15, 0.2) is 0 Å². The summed E-state index contributed by atoms with van der Waals surface area (Å²) < 4.78 is 30.6. The molecule has 15 heteroatoms. The van der Waals surface area contributed by atoms with Crippen LogP contribution in [0, 0.1) is 18.3 Å². The summed E-state index contributed by atoms with van der Waals surface area (Å²) in [5.41, 5.74) is 7.05. The number of aliphatic hydroxyl groups is 1. The van der Waals surface area contributed by atoms with Crippen molar-refractivity contribution in [3.63, 3.8) is 0 Å². The number of hydrogen-bond donors (Lipinski definition) is 5. The van der Waals surface area contributed by atoms with Gasteiger partial charge >= 0.3 is 0 Å². The topological polar surface area (TPSA) is 192 Å². The van der Waals surface area contributed by atoms with Gasteiger partial charge in [-0.05, 0) is 134 Å². The molecule has 5 N–H and O–H groups in total. The number of thiol groups is 1. The lowest BCUT2D eigenvalue weighted by Gasteiger charge is -1.74. The highest BCUT2D eigenvalue weighted by atomic mass is 35.5. The molecule has 1 heterocycles. The van der Waals surface area contributed by atoms with Crippen molar-refractivity contribution in [1.29, 1.82) is 0 Å². The van der Waals surface area contributed by atoms with Gasteiger partial charge in [0.1, 0.15) is 0 Å². The molecule has 0 aromatic heterocycles. The molecule has 2 aliphatic rings. The van der Waals surface area contributed by atoms with Crippen LogP contribution in [0.25, 0.3) is 0 Å². The second kappa shape index (κ2) is 131. The van der Waals surface area contributed by atoms with Gasteiger partial charge in [0, 0.05) is 33.2 Å². The standard InChI is InChI=1S/3C5H10.3C4H8.C3H5Cl.C3H6O.C3H6.C3H4.C2H3NO.C2H3NS.C2H4O2.CH5N.CH4O3S.CH4O.CH4S/c1-4-5(2)3;2*1-3-5-4-2;1-4-2-3-4;1-4(2)3;1-3-4-2;1-3(2)4;1-3-2-4-3;2*1-3-2;2*1-3-2-4;1-2(3)4;1-2;1-5(2,3)4;2*1-2/h4H,1-3H3;2*3,5H,4H2,1-2H3;4H,2-3H2,1H3;1H2,2-3H3;3-4H,1-2H3;1H2,2H3;3H,2H2,1H3;3H,1H2,2H3;1H,2H3;2*1H3;1H3,(H,3,4);2H2,1H3;1H3,(H,2,3,4);2*2H,1H3/b;2*5-3+;;;4-3+;;;;;;;;;;;. The number of nitrogens with two attached hydrogens (primary N) is 1. The van der Waals surface area contributed by atoms with E-state index < -0.39 is 16.1 Å². The predicted molar refractivity (Wildman–Crippen MR) is 300 cm³/mol. The maximum absolute atomic E-state index is 9.19. The van der Waals surface area contributed by atoms with E-state index >= 15 is 0 Å². The van der Waals surface area contributed by atoms with Gasteiger partial charge in [-0.15, -0.1) is 25.5 Å². The molecule has 386 valence electrons. The van der Waals surface area contributed by atoms with Crippen LogP contribution in [0.4, 0.5) is 0 Å². The van der Waals surface area contributed by atoms with Crippen molar-refractivity contribution >= 4 is 63.8 Å². The van der Waals surface area contributed by atoms with E-state index in [1.807, 2.05) is 67.5 Å². The van der Waals surface area contributed by atoms with Crippen LogP contribution in [-0.4, -0.2) is 93.9 Å². The van der Waals surface area contributed by atoms with Crippen LogP contribution in [0.3, 0.4) is 0 Å². The zero-order chi connectivity index (χ0) is 55.4. The van der Waals surface area contributed by atoms with Crippen LogP contribution in [0.15, 0.2) is 94.5 Å². The summed E-state index contributed by atoms with van der Waals surface area (Å²) in [7, 11) is 1.81. The molecule has 1 aliphatic heterocycles. The summed E-state index contributed by atoms with van der Waals surface area (Å²) in [5, 5.41) is 17.2. The van der Waals surface area contributed by atoms with E-state index in [0.717, 1.165) is 39.4 Å². The average molecular weight is 993 g/mol. The smallest absolute Gasteiger partial charge is 0.300 e. The highest BCUT2D eigenvalue weighted by Crippen LogP contribution is 2.26. The molecule has 1 unspecified atom stereocenters. The third-order valence-electron chi connectivity index (χ3n) is 3.40. The van der Waals surface area contributed by atoms with E-state index in [9.17, 15) is 8.42 Å². The Balaban J connectivity index is -0.0000000309. The number of epoxide rings is 1. The minimum Gasteiger partial charge on any atom is -0.481 e. The number of rotatable bonds is 2. The fraction of sp³-hybridized carbons (Fsp3) is 0.612. The number of isocyanates is 1. The number of isothiocyanates is 1. The van der Waals surface area contributed by atoms with Crippen molar-refractivity contribution in [3.8, 4) is 12.3 Å². The minimum atomic E-state index is -3.67. The zero-order valence-electron chi connectivity index (χ0n) is 45.0. The SMILES string of the molecule is C#CC.C/C=C/C.C/C=C/CC.C/C=C/CC.C=C(C)C.C=C(C)Cl.C=CC.CC(=O)O.CC1CC1.CC1CO1.CC=C(C)C.CN.CN=C=O.CN=C=S.CO.CS.CS(=O)(=O)O. The molecule has 0 amide bonds. The Morgan fingerprint density at radius 1 is 0.891 bits per heavy atom. The second-order valence-electron chi connectivity index (χ2n) is 11.3. The molecule has 1 saturated carbocycles. The van der Waals surface area contributed by atoms with Gasteiger partial charge in [-0.3, -0.25) is 9.35 Å². The number of carbonyl (C=O) groups excluding carboxylic acids is 1. The lowest BCUT2D eigenvalue weighted by atomic mass is 10.3. The molecule has 11 nitrogen and oxygen atoms in total. The van der Waals surface area contributed by atoms with Gasteiger partial charge in [0.25, 0.3) is 16.1 Å². The monoisotopic (exact) mass is 992 g/mol. The van der Waals surface area contributed by atoms with Gasteiger partial charge in [-0.25, -0.2) is 14.8 Å². The molecular weight excluding hydrogens is 890 g/mol. The van der Waals surface area contributed by atoms with E-state index in [2.05, 4.69) is 150 Å². The molecule has 0 spiro atoms. The number of nitrogens with zero attached hydrogens (tertiary/aromatic N) is 2. The third kappa shape index (κ3) is 1410. The van der Waals surface area contributed by atoms with E-state index in [1.165, 1.54) is 44.2 Å². The van der Waals surface area contributed by atoms with Crippen molar-refractivity contribution in [3.05, 3.63) is 84.5 Å². The average Bonchev–Trinajstić information content (AvgIpc) is 4.18. The molecule has 2 rings (SSSR count). The van der Waals surface area contributed by atoms with E-state index in [-0.39, 0.29) is 0 Å². The van der Waals surface area contributed by atoms with Crippen LogP contribution >= 0.6 is 36.4 Å². The Morgan fingerprint density at radius 3 is 1.03 bits per heavy atom. The van der Waals surface area contributed by atoms with Crippen LogP contribution in [0.1, 0.15) is 143 Å². The lowest BCUT2D eigenvalue weighted by molar-refractivity contribution is -0.134. The number of carboxylic acid groups (broad SMARTS) is 1. The highest BCUT2D eigenvalue weighted by Gasteiger charge is 2.13. The Morgan fingerprint density at radius 2 is 1.03 bits per heavy atom. The predicted octanol–water partition coefficient (Wildman–Crippen LogP) is 14.5. The van der Waals surface area contributed by atoms with Crippen LogP contribution < -0.4 is 5.73 Å². The summed E-state index contributed by atoms with van der Waals surface area (Å²) in [4.78, 5) is 24.1. The number of aliphatic hydroxyl groups excluding tert-OH is 1. The van der Waals surface area contributed by atoms with Crippen molar-refractivity contribution in [2.75, 3.05) is 47.4 Å². The molecule has 0 aromatic rings. The summed E-state index contributed by atoms with van der Waals surface area (Å²) in [6, 6.07) is 0. The number of terminal acetylenes is 1. The van der Waals surface area contributed by atoms with Crippen LogP contribution in [-0.2, 0) is 24.4 Å². The van der Waals surface area contributed by atoms with E-state index in [4.69, 9.17) is 40.7 Å². The lowest BCUT2D eigenvalue weighted by Crippen LogP contribution is -1.88. The van der Waals surface area contributed by atoms with E-state index in [0.29, 0.717) is 17.4 Å². The van der Waals surface area contributed by atoms with Gasteiger partial charge in [0.05, 0.1) is 24.1 Å². The Bertz CT molecular complexity index is 1100. The largest absolute Gasteiger partial charge is 0.481 e. The fourth-order valence-corrected chi connectivity index (χ4v) is 0.734. The number of carboxylic acids is 1. The number of carbonyl (C=O) groups is 1. The molecule has 1 atom stereocenters. The van der Waals surface area contributed by atoms with Gasteiger partial charge in [-0.2, -0.15) is 21.0 Å². The number of thiocarbonyl (C=S) groups is 1. The van der Waals surface area contributed by atoms with Crippen molar-refractivity contribution in [1.82, 2.24) is 0 Å². The normalized spacial score (nSPS) is 10.1. The molecule has 64 heavy (non-hydrogen) atoms. The minimum absolute atomic E-state index is 0.583. The van der Waals surface area contributed by atoms with Crippen LogP contribution in [0.2, 0.25) is 0 Å². The fourth-order valence-electron chi connectivity index (χ4n) is 0.734. The first-order valence-corrected chi connectivity index (χ1v) is 23.6. The quantitative estimate of drug-likeness (QED) is 0.0260. The van der Waals surface area contributed by atoms with E-state index in [1.54, 1.807) is 33.2 Å². The van der Waals surface area contributed by atoms with Gasteiger partial charge < -0.3 is 20.7 Å². The number of allylic oxidation sites excluding steroid dienone is 11. The summed E-state index contributed by atoms with van der Waals surface area (Å²) in [6.07, 6.45) is 30.4. The second-order valence-corrected chi connectivity index (χ2v) is 13.6. The highest BCUT2D eigenvalue weighted by molar-refractivity contribution is 7.85. The third-order valence-corrected chi connectivity index (χ3v) is 3.58. The number of hydrogen-bond acceptors (Lipinski definition) is 11. The molecule has 0 radical (unpaired) electrons. The summed E-state index contributed by atoms with van der Waals surface area (Å²) in [5.74, 6) is 2.50. The van der Waals surface area contributed by atoms with Gasteiger partial charge in [0.2, 0.25) is 6.08 Å². The molecule has 0 bridgehead atoms. The maximum atomic E-state index is 9.19.